The molecule has 16 heavy (non-hydrogen) atoms. The van der Waals surface area contributed by atoms with E-state index in [1.807, 2.05) is 0 Å². The topological polar surface area (TPSA) is 139 Å². The van der Waals surface area contributed by atoms with E-state index in [-0.39, 0.29) is 6.54 Å². The fourth-order valence-corrected chi connectivity index (χ4v) is 1.08. The first-order valence-corrected chi connectivity index (χ1v) is 5.12. The van der Waals surface area contributed by atoms with Crippen molar-refractivity contribution >= 4 is 11.9 Å². The Hall–Kier alpha value is -1.18. The zero-order chi connectivity index (χ0) is 12.6. The van der Waals surface area contributed by atoms with E-state index < -0.39 is 24.0 Å². The van der Waals surface area contributed by atoms with Crippen molar-refractivity contribution in [3.05, 3.63) is 0 Å². The van der Waals surface area contributed by atoms with Gasteiger partial charge in [0.25, 0.3) is 0 Å². The second-order valence-electron chi connectivity index (χ2n) is 3.59. The van der Waals surface area contributed by atoms with Gasteiger partial charge in [-0.2, -0.15) is 0 Å². The van der Waals surface area contributed by atoms with Gasteiger partial charge in [-0.25, -0.2) is 0 Å². The van der Waals surface area contributed by atoms with Crippen molar-refractivity contribution in [3.8, 4) is 0 Å². The van der Waals surface area contributed by atoms with Gasteiger partial charge in [0.2, 0.25) is 0 Å². The molecule has 1 unspecified atom stereocenters. The predicted molar refractivity (Wildman–Crippen MR) is 57.9 cm³/mol. The number of hydrogen-bond donors (Lipinski definition) is 5. The number of carbonyl (C=O) groups is 2. The van der Waals surface area contributed by atoms with E-state index in [1.54, 1.807) is 0 Å². The molecule has 2 atom stereocenters. The minimum Gasteiger partial charge on any atom is -0.480 e. The smallest absolute Gasteiger partial charge is 0.321 e. The van der Waals surface area contributed by atoms with Crippen LogP contribution in [0, 0.1) is 0 Å². The summed E-state index contributed by atoms with van der Waals surface area (Å²) in [5, 5.41) is 19.8. The van der Waals surface area contributed by atoms with E-state index in [2.05, 4.69) is 5.32 Å². The number of carboxylic acid groups (broad SMARTS) is 2. The number of rotatable bonds is 9. The van der Waals surface area contributed by atoms with E-state index >= 15 is 0 Å². The van der Waals surface area contributed by atoms with Crippen molar-refractivity contribution in [2.45, 2.75) is 31.3 Å². The Morgan fingerprint density at radius 1 is 1.06 bits per heavy atom. The molecule has 0 aliphatic heterocycles. The molecule has 0 bridgehead atoms. The fraction of sp³-hybridized carbons (Fsp3) is 0.778. The van der Waals surface area contributed by atoms with Crippen LogP contribution >= 0.6 is 0 Å². The van der Waals surface area contributed by atoms with Crippen molar-refractivity contribution < 1.29 is 19.8 Å². The minimum absolute atomic E-state index is 0.209. The molecule has 0 heterocycles. The summed E-state index contributed by atoms with van der Waals surface area (Å²) >= 11 is 0. The zero-order valence-electron chi connectivity index (χ0n) is 9.06. The molecule has 0 aliphatic carbocycles. The van der Waals surface area contributed by atoms with Crippen molar-refractivity contribution in [2.75, 3.05) is 13.1 Å². The number of nitrogens with one attached hydrogen (secondary N) is 1. The van der Waals surface area contributed by atoms with Gasteiger partial charge < -0.3 is 27.0 Å². The number of unbranched alkanes of at least 4 members (excludes halogenated alkanes) is 1. The average Bonchev–Trinajstić information content (AvgIpc) is 2.21. The molecule has 7 N–H and O–H groups in total. The maximum atomic E-state index is 10.4. The summed E-state index contributed by atoms with van der Waals surface area (Å²) in [7, 11) is 0. The molecule has 0 saturated heterocycles. The summed E-state index contributed by atoms with van der Waals surface area (Å²) in [5.74, 6) is -2.04. The largest absolute Gasteiger partial charge is 0.480 e. The summed E-state index contributed by atoms with van der Waals surface area (Å²) in [4.78, 5) is 20.7. The third-order valence-corrected chi connectivity index (χ3v) is 2.12. The quantitative estimate of drug-likeness (QED) is 0.308. The molecule has 94 valence electrons. The van der Waals surface area contributed by atoms with E-state index in [9.17, 15) is 9.59 Å². The van der Waals surface area contributed by atoms with Crippen molar-refractivity contribution in [1.82, 2.24) is 5.32 Å². The Morgan fingerprint density at radius 2 is 1.62 bits per heavy atom. The standard InChI is InChI=1S/C9H19N3O4/c10-6(8(13)14)3-1-2-4-12-5-7(11)9(15)16/h6-7,12H,1-5,10-11H2,(H,13,14)(H,15,16)/t6-,7?/m0/s1. The summed E-state index contributed by atoms with van der Waals surface area (Å²) in [6, 6.07) is -1.72. The molecule has 0 aromatic carbocycles. The number of nitrogens with two attached hydrogens (primary N) is 2. The molecule has 0 aromatic rings. The molecule has 7 nitrogen and oxygen atoms in total. The molecule has 0 fully saturated rings. The third-order valence-electron chi connectivity index (χ3n) is 2.12. The number of carboxylic acids is 2. The maximum absolute atomic E-state index is 10.4. The second-order valence-corrected chi connectivity index (χ2v) is 3.59. The first-order valence-electron chi connectivity index (χ1n) is 5.12. The monoisotopic (exact) mass is 233 g/mol. The van der Waals surface area contributed by atoms with Crippen LogP contribution in [0.25, 0.3) is 0 Å². The highest BCUT2D eigenvalue weighted by Crippen LogP contribution is 1.98. The first-order chi connectivity index (χ1) is 7.45. The summed E-state index contributed by atoms with van der Waals surface area (Å²) in [6.07, 6.45) is 1.85. The molecule has 0 saturated carbocycles. The van der Waals surface area contributed by atoms with Gasteiger partial charge in [0, 0.05) is 6.54 Å². The molecule has 0 amide bonds. The second kappa shape index (κ2) is 8.03. The molecule has 0 rings (SSSR count). The van der Waals surface area contributed by atoms with Gasteiger partial charge in [-0.05, 0) is 19.4 Å². The van der Waals surface area contributed by atoms with Crippen LogP contribution in [-0.4, -0.2) is 47.3 Å². The van der Waals surface area contributed by atoms with Gasteiger partial charge in [0.05, 0.1) is 0 Å². The van der Waals surface area contributed by atoms with Gasteiger partial charge in [0.15, 0.2) is 0 Å². The molecule has 0 aromatic heterocycles. The van der Waals surface area contributed by atoms with Crippen LogP contribution in [0.2, 0.25) is 0 Å². The highest BCUT2D eigenvalue weighted by Gasteiger charge is 2.11. The number of hydrogen-bond acceptors (Lipinski definition) is 5. The van der Waals surface area contributed by atoms with Crippen LogP contribution in [0.3, 0.4) is 0 Å². The summed E-state index contributed by atoms with van der Waals surface area (Å²) < 4.78 is 0. The third kappa shape index (κ3) is 7.16. The van der Waals surface area contributed by atoms with Crippen LogP contribution in [0.4, 0.5) is 0 Å². The van der Waals surface area contributed by atoms with Crippen LogP contribution in [0.1, 0.15) is 19.3 Å². The zero-order valence-corrected chi connectivity index (χ0v) is 9.06. The summed E-state index contributed by atoms with van der Waals surface area (Å²) in [5.41, 5.74) is 10.6. The summed E-state index contributed by atoms with van der Waals surface area (Å²) in [6.45, 7) is 0.813. The lowest BCUT2D eigenvalue weighted by atomic mass is 10.1. The Balaban J connectivity index is 3.34. The van der Waals surface area contributed by atoms with Crippen molar-refractivity contribution in [1.29, 1.82) is 0 Å². The minimum atomic E-state index is -1.04. The lowest BCUT2D eigenvalue weighted by Crippen LogP contribution is -2.40. The van der Waals surface area contributed by atoms with E-state index in [4.69, 9.17) is 21.7 Å². The Labute approximate surface area is 93.8 Å². The van der Waals surface area contributed by atoms with Gasteiger partial charge in [-0.15, -0.1) is 0 Å². The van der Waals surface area contributed by atoms with E-state index in [1.165, 1.54) is 0 Å². The van der Waals surface area contributed by atoms with Crippen LogP contribution in [-0.2, 0) is 9.59 Å². The predicted octanol–water partition coefficient (Wildman–Crippen LogP) is -1.43. The highest BCUT2D eigenvalue weighted by atomic mass is 16.4. The molecular weight excluding hydrogens is 214 g/mol. The Bertz CT molecular complexity index is 211. The normalized spacial score (nSPS) is 14.4. The van der Waals surface area contributed by atoms with E-state index in [0.29, 0.717) is 19.4 Å². The molecular formula is C9H19N3O4. The van der Waals surface area contributed by atoms with Crippen molar-refractivity contribution in [2.24, 2.45) is 11.5 Å². The Kier molecular flexibility index (Phi) is 7.44. The lowest BCUT2D eigenvalue weighted by molar-refractivity contribution is -0.139. The Morgan fingerprint density at radius 3 is 2.12 bits per heavy atom. The van der Waals surface area contributed by atoms with Crippen molar-refractivity contribution in [3.63, 3.8) is 0 Å². The highest BCUT2D eigenvalue weighted by molar-refractivity contribution is 5.73. The van der Waals surface area contributed by atoms with Crippen LogP contribution in [0.15, 0.2) is 0 Å². The molecule has 0 spiro atoms. The lowest BCUT2D eigenvalue weighted by Gasteiger charge is -2.09. The van der Waals surface area contributed by atoms with E-state index in [0.717, 1.165) is 6.42 Å². The maximum Gasteiger partial charge on any atom is 0.321 e. The average molecular weight is 233 g/mol. The fourth-order valence-electron chi connectivity index (χ4n) is 1.08. The SMILES string of the molecule is NC(CNCCCC[C@H](N)C(=O)O)C(=O)O. The van der Waals surface area contributed by atoms with Gasteiger partial charge in [0.1, 0.15) is 12.1 Å². The first kappa shape index (κ1) is 14.8. The van der Waals surface area contributed by atoms with Crippen LogP contribution in [0.5, 0.6) is 0 Å². The molecule has 0 aliphatic rings. The van der Waals surface area contributed by atoms with Crippen LogP contribution < -0.4 is 16.8 Å². The molecule has 7 heteroatoms. The van der Waals surface area contributed by atoms with Gasteiger partial charge in [-0.3, -0.25) is 9.59 Å². The number of aliphatic carboxylic acids is 2. The molecule has 0 radical (unpaired) electrons. The van der Waals surface area contributed by atoms with Gasteiger partial charge in [-0.1, -0.05) is 6.42 Å². The van der Waals surface area contributed by atoms with Gasteiger partial charge >= 0.3 is 11.9 Å².